The van der Waals surface area contributed by atoms with Crippen molar-refractivity contribution in [3.8, 4) is 5.75 Å². The number of aromatic hydroxyl groups is 1. The van der Waals surface area contributed by atoms with Crippen LogP contribution in [-0.4, -0.2) is 22.2 Å². The average molecular weight is 428 g/mol. The fourth-order valence-electron chi connectivity index (χ4n) is 2.64. The topological polar surface area (TPSA) is 105 Å². The summed E-state index contributed by atoms with van der Waals surface area (Å²) in [7, 11) is 0. The Labute approximate surface area is 162 Å². The van der Waals surface area contributed by atoms with Gasteiger partial charge in [-0.05, 0) is 34.5 Å². The molecule has 0 saturated heterocycles. The number of nitrogens with one attached hydrogen (secondary N) is 1. The first-order valence-corrected chi connectivity index (χ1v) is 8.70. The van der Waals surface area contributed by atoms with Crippen molar-refractivity contribution >= 4 is 44.5 Å². The van der Waals surface area contributed by atoms with E-state index in [0.29, 0.717) is 5.56 Å². The van der Waals surface area contributed by atoms with Crippen LogP contribution in [0.4, 0.5) is 5.69 Å². The number of hydrazone groups is 1. The molecule has 3 aromatic carbocycles. The van der Waals surface area contributed by atoms with Gasteiger partial charge in [0.1, 0.15) is 0 Å². The standard InChI is InChI=1S/C19H14BrN3O4/c20-16-7-6-13(14-3-1-2-4-15(14)16)10-19(25)22-21-11-12-5-8-18(24)17(9-12)23(26)27/h1-9,11,24H,10H2,(H,22,25)/b21-11+. The van der Waals surface area contributed by atoms with Gasteiger partial charge in [0.05, 0.1) is 17.6 Å². The van der Waals surface area contributed by atoms with Gasteiger partial charge in [-0.1, -0.05) is 46.3 Å². The number of nitro benzene ring substituents is 1. The second kappa shape index (κ2) is 7.96. The zero-order valence-corrected chi connectivity index (χ0v) is 15.5. The van der Waals surface area contributed by atoms with Crippen LogP contribution >= 0.6 is 15.9 Å². The van der Waals surface area contributed by atoms with Gasteiger partial charge in [0.15, 0.2) is 5.75 Å². The zero-order valence-electron chi connectivity index (χ0n) is 13.9. The van der Waals surface area contributed by atoms with Crippen molar-refractivity contribution < 1.29 is 14.8 Å². The lowest BCUT2D eigenvalue weighted by Crippen LogP contribution is -2.19. The van der Waals surface area contributed by atoms with E-state index in [9.17, 15) is 20.0 Å². The minimum Gasteiger partial charge on any atom is -0.502 e. The number of halogens is 1. The Morgan fingerprint density at radius 1 is 1.19 bits per heavy atom. The third kappa shape index (κ3) is 4.29. The molecule has 8 heteroatoms. The number of nitro groups is 1. The summed E-state index contributed by atoms with van der Waals surface area (Å²) in [4.78, 5) is 22.3. The SMILES string of the molecule is O=C(Cc1ccc(Br)c2ccccc12)N/N=C/c1ccc(O)c([N+](=O)[O-])c1. The van der Waals surface area contributed by atoms with Crippen LogP contribution in [-0.2, 0) is 11.2 Å². The predicted octanol–water partition coefficient (Wildman–Crippen LogP) is 3.91. The maximum Gasteiger partial charge on any atom is 0.311 e. The molecule has 0 radical (unpaired) electrons. The molecule has 0 fully saturated rings. The van der Waals surface area contributed by atoms with Crippen LogP contribution in [0.15, 0.2) is 64.2 Å². The van der Waals surface area contributed by atoms with Crippen LogP contribution in [0.1, 0.15) is 11.1 Å². The van der Waals surface area contributed by atoms with Crippen LogP contribution in [0.25, 0.3) is 10.8 Å². The monoisotopic (exact) mass is 427 g/mol. The molecule has 0 saturated carbocycles. The van der Waals surface area contributed by atoms with E-state index >= 15 is 0 Å². The van der Waals surface area contributed by atoms with Gasteiger partial charge in [0.2, 0.25) is 5.91 Å². The molecular formula is C19H14BrN3O4. The Hall–Kier alpha value is -3.26. The van der Waals surface area contributed by atoms with E-state index in [2.05, 4.69) is 26.5 Å². The van der Waals surface area contributed by atoms with E-state index in [1.807, 2.05) is 36.4 Å². The fraction of sp³-hybridized carbons (Fsp3) is 0.0526. The molecule has 0 heterocycles. The van der Waals surface area contributed by atoms with Crippen molar-refractivity contribution in [1.82, 2.24) is 5.43 Å². The fourth-order valence-corrected chi connectivity index (χ4v) is 3.12. The smallest absolute Gasteiger partial charge is 0.311 e. The molecule has 0 aliphatic rings. The van der Waals surface area contributed by atoms with Crippen LogP contribution in [0.3, 0.4) is 0 Å². The van der Waals surface area contributed by atoms with Crippen LogP contribution in [0, 0.1) is 10.1 Å². The van der Waals surface area contributed by atoms with E-state index in [1.54, 1.807) is 0 Å². The minimum atomic E-state index is -0.691. The van der Waals surface area contributed by atoms with Crippen molar-refractivity contribution in [2.75, 3.05) is 0 Å². The lowest BCUT2D eigenvalue weighted by molar-refractivity contribution is -0.385. The van der Waals surface area contributed by atoms with E-state index < -0.39 is 16.4 Å². The maximum absolute atomic E-state index is 12.2. The molecule has 1 amide bonds. The Morgan fingerprint density at radius 2 is 1.93 bits per heavy atom. The van der Waals surface area contributed by atoms with Crippen molar-refractivity contribution in [2.45, 2.75) is 6.42 Å². The second-order valence-corrected chi connectivity index (χ2v) is 6.58. The molecule has 2 N–H and O–H groups in total. The van der Waals surface area contributed by atoms with Gasteiger partial charge in [-0.15, -0.1) is 0 Å². The number of phenols is 1. The summed E-state index contributed by atoms with van der Waals surface area (Å²) in [5, 5.41) is 26.1. The number of hydrogen-bond acceptors (Lipinski definition) is 5. The highest BCUT2D eigenvalue weighted by molar-refractivity contribution is 9.10. The summed E-state index contributed by atoms with van der Waals surface area (Å²) in [5.41, 5.74) is 3.23. The third-order valence-corrected chi connectivity index (χ3v) is 4.60. The number of benzene rings is 3. The van der Waals surface area contributed by atoms with Gasteiger partial charge in [-0.2, -0.15) is 5.10 Å². The average Bonchev–Trinajstić information content (AvgIpc) is 2.65. The van der Waals surface area contributed by atoms with Crippen molar-refractivity contribution in [1.29, 1.82) is 0 Å². The van der Waals surface area contributed by atoms with Crippen LogP contribution in [0.2, 0.25) is 0 Å². The molecule has 0 aromatic heterocycles. The minimum absolute atomic E-state index is 0.140. The first kappa shape index (κ1) is 18.5. The second-order valence-electron chi connectivity index (χ2n) is 5.73. The highest BCUT2D eigenvalue weighted by atomic mass is 79.9. The Morgan fingerprint density at radius 3 is 2.67 bits per heavy atom. The summed E-state index contributed by atoms with van der Waals surface area (Å²) in [6, 6.07) is 15.4. The number of amides is 1. The summed E-state index contributed by atoms with van der Waals surface area (Å²) < 4.78 is 0.953. The molecule has 0 unspecified atom stereocenters. The molecule has 3 aromatic rings. The van der Waals surface area contributed by atoms with Crippen molar-refractivity contribution in [3.63, 3.8) is 0 Å². The Balaban J connectivity index is 1.71. The van der Waals surface area contributed by atoms with Gasteiger partial charge in [-0.25, -0.2) is 5.43 Å². The molecule has 0 atom stereocenters. The van der Waals surface area contributed by atoms with Crippen molar-refractivity contribution in [3.05, 3.63) is 80.3 Å². The summed E-state index contributed by atoms with van der Waals surface area (Å²) in [6.07, 6.45) is 1.42. The number of hydrogen-bond donors (Lipinski definition) is 2. The number of fused-ring (bicyclic) bond motifs is 1. The molecule has 0 spiro atoms. The third-order valence-electron chi connectivity index (χ3n) is 3.91. The molecule has 27 heavy (non-hydrogen) atoms. The van der Waals surface area contributed by atoms with E-state index in [4.69, 9.17) is 0 Å². The zero-order chi connectivity index (χ0) is 19.4. The lowest BCUT2D eigenvalue weighted by Gasteiger charge is -2.07. The van der Waals surface area contributed by atoms with Gasteiger partial charge in [0, 0.05) is 16.1 Å². The summed E-state index contributed by atoms with van der Waals surface area (Å²) in [6.45, 7) is 0. The lowest BCUT2D eigenvalue weighted by atomic mass is 10.0. The Kier molecular flexibility index (Phi) is 5.46. The molecule has 136 valence electrons. The molecule has 0 aliphatic heterocycles. The van der Waals surface area contributed by atoms with Crippen LogP contribution in [0.5, 0.6) is 5.75 Å². The molecule has 3 rings (SSSR count). The predicted molar refractivity (Wildman–Crippen MR) is 106 cm³/mol. The van der Waals surface area contributed by atoms with Crippen molar-refractivity contribution in [2.24, 2.45) is 5.10 Å². The van der Waals surface area contributed by atoms with E-state index in [1.165, 1.54) is 24.4 Å². The molecule has 0 bridgehead atoms. The molecular weight excluding hydrogens is 414 g/mol. The number of phenolic OH excluding ortho intramolecular Hbond substituents is 1. The van der Waals surface area contributed by atoms with Gasteiger partial charge >= 0.3 is 5.69 Å². The first-order valence-electron chi connectivity index (χ1n) is 7.91. The Bertz CT molecular complexity index is 1070. The number of carbonyl (C=O) groups excluding carboxylic acids is 1. The van der Waals surface area contributed by atoms with Gasteiger partial charge < -0.3 is 5.11 Å². The number of carbonyl (C=O) groups is 1. The normalized spacial score (nSPS) is 11.0. The number of rotatable bonds is 5. The highest BCUT2D eigenvalue weighted by Gasteiger charge is 2.13. The molecule has 0 aliphatic carbocycles. The van der Waals surface area contributed by atoms with Gasteiger partial charge in [0.25, 0.3) is 0 Å². The molecule has 7 nitrogen and oxygen atoms in total. The largest absolute Gasteiger partial charge is 0.502 e. The van der Waals surface area contributed by atoms with Gasteiger partial charge in [-0.3, -0.25) is 14.9 Å². The van der Waals surface area contributed by atoms with E-state index in [-0.39, 0.29) is 12.3 Å². The van der Waals surface area contributed by atoms with E-state index in [0.717, 1.165) is 20.8 Å². The van der Waals surface area contributed by atoms with Crippen LogP contribution < -0.4 is 5.43 Å². The first-order chi connectivity index (χ1) is 13.0. The number of nitrogens with zero attached hydrogens (tertiary/aromatic N) is 2. The quantitative estimate of drug-likeness (QED) is 0.365. The summed E-state index contributed by atoms with van der Waals surface area (Å²) in [5.74, 6) is -0.740. The maximum atomic E-state index is 12.2. The summed E-state index contributed by atoms with van der Waals surface area (Å²) >= 11 is 3.50. The highest BCUT2D eigenvalue weighted by Crippen LogP contribution is 2.27.